The van der Waals surface area contributed by atoms with Gasteiger partial charge in [0.15, 0.2) is 5.76 Å². The van der Waals surface area contributed by atoms with Crippen LogP contribution < -0.4 is 16.4 Å². The maximum Gasteiger partial charge on any atom is 0.471 e. The van der Waals surface area contributed by atoms with E-state index in [1.807, 2.05) is 48.7 Å². The van der Waals surface area contributed by atoms with E-state index in [9.17, 15) is 4.57 Å². The van der Waals surface area contributed by atoms with Crippen molar-refractivity contribution in [2.24, 2.45) is 5.73 Å². The van der Waals surface area contributed by atoms with Crippen LogP contribution in [0.3, 0.4) is 0 Å². The van der Waals surface area contributed by atoms with Crippen LogP contribution >= 0.6 is 19.4 Å². The van der Waals surface area contributed by atoms with Crippen LogP contribution in [0, 0.1) is 0 Å². The maximum atomic E-state index is 10.6. The molecule has 1 unspecified atom stereocenters. The van der Waals surface area contributed by atoms with Crippen molar-refractivity contribution in [3.05, 3.63) is 94.6 Å². The van der Waals surface area contributed by atoms with E-state index in [-0.39, 0.29) is 19.5 Å². The van der Waals surface area contributed by atoms with Gasteiger partial charge in [-0.1, -0.05) is 41.0 Å². The number of phosphoric ester groups is 1. The van der Waals surface area contributed by atoms with Gasteiger partial charge in [-0.25, -0.2) is 4.57 Å². The predicted molar refractivity (Wildman–Crippen MR) is 128 cm³/mol. The molecule has 0 spiro atoms. The van der Waals surface area contributed by atoms with Crippen molar-refractivity contribution < 1.29 is 28.1 Å². The van der Waals surface area contributed by atoms with Crippen LogP contribution in [0.4, 0.5) is 0 Å². The second-order valence-electron chi connectivity index (χ2n) is 7.19. The van der Waals surface area contributed by atoms with Gasteiger partial charge < -0.3 is 35.4 Å². The summed E-state index contributed by atoms with van der Waals surface area (Å²) in [6.07, 6.45) is 10.9. The molecule has 3 rings (SSSR count). The van der Waals surface area contributed by atoms with Crippen molar-refractivity contribution in [3.63, 3.8) is 0 Å². The lowest BCUT2D eigenvalue weighted by atomic mass is 10.1. The minimum atomic E-state index is -4.50. The number of halogens is 1. The highest BCUT2D eigenvalue weighted by molar-refractivity contribution is 7.46. The van der Waals surface area contributed by atoms with Gasteiger partial charge in [-0.15, -0.1) is 0 Å². The smallest absolute Gasteiger partial charge is 0.368 e. The van der Waals surface area contributed by atoms with Gasteiger partial charge in [0.25, 0.3) is 0 Å². The Bertz CT molecular complexity index is 1120. The molecular formula is C22H26ClN4O6P. The normalized spacial score (nSPS) is 16.5. The highest BCUT2D eigenvalue weighted by Crippen LogP contribution is 2.34. The fourth-order valence-electron chi connectivity index (χ4n) is 2.94. The second-order valence-corrected chi connectivity index (χ2v) is 8.86. The maximum absolute atomic E-state index is 10.6. The van der Waals surface area contributed by atoms with E-state index < -0.39 is 7.82 Å². The van der Waals surface area contributed by atoms with Crippen LogP contribution in [-0.2, 0) is 26.9 Å². The van der Waals surface area contributed by atoms with Gasteiger partial charge in [-0.2, -0.15) is 0 Å². The molecular weight excluding hydrogens is 483 g/mol. The summed E-state index contributed by atoms with van der Waals surface area (Å²) in [5.41, 5.74) is 9.25. The first-order valence-corrected chi connectivity index (χ1v) is 12.2. The Balaban J connectivity index is 1.47. The quantitative estimate of drug-likeness (QED) is 0.125. The zero-order valence-electron chi connectivity index (χ0n) is 18.1. The fraction of sp³-hybridized carbons (Fsp3) is 0.227. The molecule has 0 aliphatic carbocycles. The molecule has 0 saturated carbocycles. The summed E-state index contributed by atoms with van der Waals surface area (Å²) in [4.78, 5) is 17.2. The third-order valence-corrected chi connectivity index (χ3v) is 5.25. The van der Waals surface area contributed by atoms with Gasteiger partial charge in [0.2, 0.25) is 0 Å². The highest BCUT2D eigenvalue weighted by Gasteiger charge is 2.13. The SMILES string of the molecule is NC/C(=C\C=C/NCOP(=O)(O)O)c1cc(CC2=CNC(OCc3cccc(Cl)c3)C=C2)no1. The summed E-state index contributed by atoms with van der Waals surface area (Å²) in [6.45, 7) is 0.323. The molecule has 1 aromatic heterocycles. The molecule has 0 amide bonds. The number of phosphoric acid groups is 1. The topological polar surface area (TPSA) is 152 Å². The van der Waals surface area contributed by atoms with E-state index >= 15 is 0 Å². The largest absolute Gasteiger partial charge is 0.471 e. The van der Waals surface area contributed by atoms with Crippen molar-refractivity contribution in [1.82, 2.24) is 15.8 Å². The lowest BCUT2D eigenvalue weighted by Crippen LogP contribution is -2.28. The lowest BCUT2D eigenvalue weighted by Gasteiger charge is -2.19. The van der Waals surface area contributed by atoms with Crippen LogP contribution in [-0.4, -0.2) is 34.4 Å². The Morgan fingerprint density at radius 2 is 2.24 bits per heavy atom. The summed E-state index contributed by atoms with van der Waals surface area (Å²) < 4.78 is 26.1. The molecule has 0 saturated heterocycles. The number of rotatable bonds is 12. The number of dihydropyridines is 1. The zero-order chi connectivity index (χ0) is 24.4. The first kappa shape index (κ1) is 25.9. The minimum absolute atomic E-state index is 0.216. The molecule has 2 heterocycles. The minimum Gasteiger partial charge on any atom is -0.368 e. The summed E-state index contributed by atoms with van der Waals surface area (Å²) in [7, 11) is -4.50. The average molecular weight is 509 g/mol. The molecule has 0 bridgehead atoms. The molecule has 0 radical (unpaired) electrons. The van der Waals surface area contributed by atoms with E-state index in [1.54, 1.807) is 12.2 Å². The standard InChI is InChI=1S/C22H26ClN4O6P/c23-19-5-1-3-17(9-19)14-31-22-7-6-16(13-26-22)10-20-11-21(33-27-20)18(12-24)4-2-8-25-15-32-34(28,29)30/h1-9,11,13,22,25-26H,10,12,14-15,24H2,(H2,28,29,30)/b8-2-,18-4+. The third-order valence-electron chi connectivity index (χ3n) is 4.54. The number of allylic oxidation sites excluding steroid dienone is 4. The molecule has 1 aliphatic rings. The summed E-state index contributed by atoms with van der Waals surface area (Å²) in [5.74, 6) is 0.532. The molecule has 1 aromatic carbocycles. The van der Waals surface area contributed by atoms with Gasteiger partial charge in [-0.05, 0) is 41.6 Å². The van der Waals surface area contributed by atoms with Gasteiger partial charge in [0, 0.05) is 35.8 Å². The molecule has 10 nitrogen and oxygen atoms in total. The van der Waals surface area contributed by atoms with E-state index in [0.29, 0.717) is 29.4 Å². The number of nitrogens with two attached hydrogens (primary N) is 1. The molecule has 2 aromatic rings. The monoisotopic (exact) mass is 508 g/mol. The van der Waals surface area contributed by atoms with Gasteiger partial charge in [0.1, 0.15) is 13.0 Å². The first-order valence-electron chi connectivity index (χ1n) is 10.3. The Labute approximate surface area is 202 Å². The lowest BCUT2D eigenvalue weighted by molar-refractivity contribution is 0.0578. The number of hydrogen-bond donors (Lipinski definition) is 5. The number of ether oxygens (including phenoxy) is 1. The predicted octanol–water partition coefficient (Wildman–Crippen LogP) is 2.97. The number of benzene rings is 1. The summed E-state index contributed by atoms with van der Waals surface area (Å²) >= 11 is 6.00. The molecule has 182 valence electrons. The van der Waals surface area contributed by atoms with E-state index in [2.05, 4.69) is 20.3 Å². The van der Waals surface area contributed by atoms with Crippen molar-refractivity contribution in [2.45, 2.75) is 19.3 Å². The van der Waals surface area contributed by atoms with Crippen molar-refractivity contribution in [1.29, 1.82) is 0 Å². The molecule has 6 N–H and O–H groups in total. The van der Waals surface area contributed by atoms with Gasteiger partial charge in [0.05, 0.1) is 12.3 Å². The Morgan fingerprint density at radius 1 is 1.38 bits per heavy atom. The van der Waals surface area contributed by atoms with E-state index in [4.69, 9.17) is 36.4 Å². The van der Waals surface area contributed by atoms with Crippen LogP contribution in [0.25, 0.3) is 5.57 Å². The van der Waals surface area contributed by atoms with Crippen molar-refractivity contribution >= 4 is 25.0 Å². The van der Waals surface area contributed by atoms with Crippen LogP contribution in [0.1, 0.15) is 17.0 Å². The Hall–Kier alpha value is -2.69. The van der Waals surface area contributed by atoms with E-state index in [0.717, 1.165) is 16.8 Å². The summed E-state index contributed by atoms with van der Waals surface area (Å²) in [6, 6.07) is 9.35. The van der Waals surface area contributed by atoms with Crippen LogP contribution in [0.15, 0.2) is 77.1 Å². The molecule has 0 fully saturated rings. The molecule has 12 heteroatoms. The average Bonchev–Trinajstić information content (AvgIpc) is 3.26. The number of aromatic nitrogens is 1. The highest BCUT2D eigenvalue weighted by atomic mass is 35.5. The second kappa shape index (κ2) is 12.7. The van der Waals surface area contributed by atoms with Gasteiger partial charge >= 0.3 is 7.82 Å². The van der Waals surface area contributed by atoms with E-state index in [1.165, 1.54) is 6.20 Å². The van der Waals surface area contributed by atoms with Crippen molar-refractivity contribution in [3.8, 4) is 0 Å². The van der Waals surface area contributed by atoms with Crippen LogP contribution in [0.2, 0.25) is 5.02 Å². The fourth-order valence-corrected chi connectivity index (χ4v) is 3.39. The zero-order valence-corrected chi connectivity index (χ0v) is 19.8. The third kappa shape index (κ3) is 8.92. The van der Waals surface area contributed by atoms with Crippen LogP contribution in [0.5, 0.6) is 0 Å². The van der Waals surface area contributed by atoms with Gasteiger partial charge in [-0.3, -0.25) is 4.52 Å². The number of nitrogens with zero attached hydrogens (tertiary/aromatic N) is 1. The number of hydrogen-bond acceptors (Lipinski definition) is 8. The molecule has 1 atom stereocenters. The number of nitrogens with one attached hydrogen (secondary N) is 2. The Morgan fingerprint density at radius 3 is 2.94 bits per heavy atom. The Kier molecular flexibility index (Phi) is 9.67. The first-order chi connectivity index (χ1) is 16.3. The molecule has 34 heavy (non-hydrogen) atoms. The summed E-state index contributed by atoms with van der Waals surface area (Å²) in [5, 5.41) is 10.6. The molecule has 1 aliphatic heterocycles. The van der Waals surface area contributed by atoms with Crippen molar-refractivity contribution in [2.75, 3.05) is 13.3 Å².